The molecule has 7 heteroatoms. The number of morpholine rings is 1. The third-order valence-electron chi connectivity index (χ3n) is 4.94. The zero-order valence-electron chi connectivity index (χ0n) is 18.2. The molecular formula is C25H28N4O3. The molecule has 1 aliphatic heterocycles. The molecule has 1 aliphatic rings. The van der Waals surface area contributed by atoms with Crippen LogP contribution in [0.4, 0.5) is 11.5 Å². The van der Waals surface area contributed by atoms with Crippen molar-refractivity contribution in [3.05, 3.63) is 77.9 Å². The van der Waals surface area contributed by atoms with Crippen molar-refractivity contribution in [3.63, 3.8) is 0 Å². The molecule has 0 unspecified atom stereocenters. The van der Waals surface area contributed by atoms with Crippen LogP contribution in [0.1, 0.15) is 11.1 Å². The molecule has 0 atom stereocenters. The molecule has 1 aromatic heterocycles. The lowest BCUT2D eigenvalue weighted by Crippen LogP contribution is -2.36. The van der Waals surface area contributed by atoms with E-state index in [1.807, 2.05) is 54.6 Å². The zero-order valence-corrected chi connectivity index (χ0v) is 18.2. The second-order valence-corrected chi connectivity index (χ2v) is 7.44. The van der Waals surface area contributed by atoms with Crippen molar-refractivity contribution in [1.82, 2.24) is 4.98 Å². The van der Waals surface area contributed by atoms with Crippen molar-refractivity contribution < 1.29 is 14.2 Å². The Morgan fingerprint density at radius 3 is 2.62 bits per heavy atom. The van der Waals surface area contributed by atoms with Crippen molar-refractivity contribution in [2.24, 2.45) is 5.10 Å². The van der Waals surface area contributed by atoms with Crippen LogP contribution in [0.2, 0.25) is 0 Å². The smallest absolute Gasteiger partial charge is 0.217 e. The SMILES string of the molecule is Cc1cccc(/C=N/Nc2cc(N3CCOCC3)cc(OCCOc3ccccc3)n2)c1. The van der Waals surface area contributed by atoms with Gasteiger partial charge in [-0.25, -0.2) is 0 Å². The van der Waals surface area contributed by atoms with Gasteiger partial charge in [0.05, 0.1) is 19.4 Å². The fourth-order valence-corrected chi connectivity index (χ4v) is 3.37. The molecule has 32 heavy (non-hydrogen) atoms. The van der Waals surface area contributed by atoms with Crippen molar-refractivity contribution >= 4 is 17.7 Å². The molecule has 4 rings (SSSR count). The molecule has 0 radical (unpaired) electrons. The van der Waals surface area contributed by atoms with E-state index in [0.29, 0.717) is 38.1 Å². The van der Waals surface area contributed by atoms with E-state index in [2.05, 4.69) is 39.5 Å². The molecule has 1 fully saturated rings. The van der Waals surface area contributed by atoms with Crippen LogP contribution < -0.4 is 19.8 Å². The lowest BCUT2D eigenvalue weighted by Gasteiger charge is -2.29. The molecule has 1 saturated heterocycles. The van der Waals surface area contributed by atoms with Crippen LogP contribution in [0, 0.1) is 6.92 Å². The Labute approximate surface area is 188 Å². The van der Waals surface area contributed by atoms with Crippen molar-refractivity contribution in [2.45, 2.75) is 6.92 Å². The lowest BCUT2D eigenvalue weighted by atomic mass is 10.2. The molecule has 2 aromatic carbocycles. The quantitative estimate of drug-likeness (QED) is 0.312. The molecule has 0 bridgehead atoms. The van der Waals surface area contributed by atoms with Gasteiger partial charge in [0.2, 0.25) is 5.88 Å². The van der Waals surface area contributed by atoms with Crippen LogP contribution in [0.3, 0.4) is 0 Å². The van der Waals surface area contributed by atoms with E-state index in [4.69, 9.17) is 14.2 Å². The summed E-state index contributed by atoms with van der Waals surface area (Å²) >= 11 is 0. The van der Waals surface area contributed by atoms with Gasteiger partial charge in [0.25, 0.3) is 0 Å². The summed E-state index contributed by atoms with van der Waals surface area (Å²) in [5, 5.41) is 4.36. The van der Waals surface area contributed by atoms with Gasteiger partial charge in [0.1, 0.15) is 19.0 Å². The summed E-state index contributed by atoms with van der Waals surface area (Å²) in [5.41, 5.74) is 6.28. The molecule has 3 aromatic rings. The number of para-hydroxylation sites is 1. The number of hydrazone groups is 1. The van der Waals surface area contributed by atoms with Gasteiger partial charge in [0.15, 0.2) is 5.82 Å². The van der Waals surface area contributed by atoms with E-state index >= 15 is 0 Å². The number of nitrogens with one attached hydrogen (secondary N) is 1. The van der Waals surface area contributed by atoms with Gasteiger partial charge >= 0.3 is 0 Å². The molecule has 0 aliphatic carbocycles. The summed E-state index contributed by atoms with van der Waals surface area (Å²) in [6, 6.07) is 21.8. The van der Waals surface area contributed by atoms with Crippen LogP contribution in [0.25, 0.3) is 0 Å². The number of rotatable bonds is 9. The Morgan fingerprint density at radius 2 is 1.81 bits per heavy atom. The predicted molar refractivity (Wildman–Crippen MR) is 127 cm³/mol. The Hall–Kier alpha value is -3.58. The zero-order chi connectivity index (χ0) is 22.0. The first-order chi connectivity index (χ1) is 15.8. The first-order valence-corrected chi connectivity index (χ1v) is 10.8. The number of hydrogen-bond acceptors (Lipinski definition) is 7. The van der Waals surface area contributed by atoms with E-state index in [1.165, 1.54) is 5.56 Å². The maximum absolute atomic E-state index is 5.89. The van der Waals surface area contributed by atoms with E-state index in [-0.39, 0.29) is 0 Å². The first kappa shape index (κ1) is 21.6. The average molecular weight is 433 g/mol. The monoisotopic (exact) mass is 432 g/mol. The van der Waals surface area contributed by atoms with Crippen LogP contribution in [-0.4, -0.2) is 50.7 Å². The Balaban J connectivity index is 1.42. The molecule has 166 valence electrons. The van der Waals surface area contributed by atoms with Crippen molar-refractivity contribution in [3.8, 4) is 11.6 Å². The minimum atomic E-state index is 0.389. The highest BCUT2D eigenvalue weighted by molar-refractivity contribution is 5.80. The Kier molecular flexibility index (Phi) is 7.55. The fourth-order valence-electron chi connectivity index (χ4n) is 3.37. The maximum atomic E-state index is 5.89. The molecular weight excluding hydrogens is 404 g/mol. The Morgan fingerprint density at radius 1 is 1.00 bits per heavy atom. The van der Waals surface area contributed by atoms with Gasteiger partial charge in [0, 0.05) is 30.9 Å². The van der Waals surface area contributed by atoms with Gasteiger partial charge in [-0.2, -0.15) is 10.1 Å². The van der Waals surface area contributed by atoms with Gasteiger partial charge < -0.3 is 19.1 Å². The summed E-state index contributed by atoms with van der Waals surface area (Å²) in [6.45, 7) is 5.94. The number of anilines is 2. The fraction of sp³-hybridized carbons (Fsp3) is 0.280. The number of aryl methyl sites for hydroxylation is 1. The molecule has 0 spiro atoms. The summed E-state index contributed by atoms with van der Waals surface area (Å²) in [5.74, 6) is 1.97. The van der Waals surface area contributed by atoms with Crippen LogP contribution in [-0.2, 0) is 4.74 Å². The van der Waals surface area contributed by atoms with Crippen molar-refractivity contribution in [2.75, 3.05) is 49.8 Å². The number of aromatic nitrogens is 1. The van der Waals surface area contributed by atoms with Crippen LogP contribution >= 0.6 is 0 Å². The highest BCUT2D eigenvalue weighted by Gasteiger charge is 2.14. The second kappa shape index (κ2) is 11.2. The number of benzene rings is 2. The standard InChI is InChI=1S/C25H28N4O3/c1-20-6-5-7-21(16-20)19-26-28-24-17-22(29-10-12-30-13-11-29)18-25(27-24)32-15-14-31-23-8-3-2-4-9-23/h2-9,16-19H,10-15H2,1H3,(H,27,28)/b26-19+. The number of ether oxygens (including phenoxy) is 3. The molecule has 2 heterocycles. The highest BCUT2D eigenvalue weighted by Crippen LogP contribution is 2.25. The topological polar surface area (TPSA) is 68.2 Å². The summed E-state index contributed by atoms with van der Waals surface area (Å²) in [4.78, 5) is 6.82. The normalized spacial score (nSPS) is 13.8. The average Bonchev–Trinajstić information content (AvgIpc) is 2.83. The van der Waals surface area contributed by atoms with E-state index in [0.717, 1.165) is 30.1 Å². The second-order valence-electron chi connectivity index (χ2n) is 7.44. The van der Waals surface area contributed by atoms with E-state index in [1.54, 1.807) is 6.21 Å². The minimum absolute atomic E-state index is 0.389. The minimum Gasteiger partial charge on any atom is -0.490 e. The number of nitrogens with zero attached hydrogens (tertiary/aromatic N) is 3. The number of hydrogen-bond donors (Lipinski definition) is 1. The molecule has 0 amide bonds. The van der Waals surface area contributed by atoms with Crippen molar-refractivity contribution in [1.29, 1.82) is 0 Å². The largest absolute Gasteiger partial charge is 0.490 e. The molecule has 7 nitrogen and oxygen atoms in total. The summed E-state index contributed by atoms with van der Waals surface area (Å²) < 4.78 is 17.1. The van der Waals surface area contributed by atoms with Gasteiger partial charge in [-0.3, -0.25) is 5.43 Å². The predicted octanol–water partition coefficient (Wildman–Crippen LogP) is 4.13. The highest BCUT2D eigenvalue weighted by atomic mass is 16.5. The molecule has 1 N–H and O–H groups in total. The van der Waals surface area contributed by atoms with E-state index in [9.17, 15) is 0 Å². The van der Waals surface area contributed by atoms with Gasteiger partial charge in [-0.05, 0) is 24.6 Å². The first-order valence-electron chi connectivity index (χ1n) is 10.8. The van der Waals surface area contributed by atoms with Crippen LogP contribution in [0.5, 0.6) is 11.6 Å². The third-order valence-corrected chi connectivity index (χ3v) is 4.94. The van der Waals surface area contributed by atoms with Crippen LogP contribution in [0.15, 0.2) is 71.8 Å². The molecule has 0 saturated carbocycles. The van der Waals surface area contributed by atoms with E-state index < -0.39 is 0 Å². The summed E-state index contributed by atoms with van der Waals surface area (Å²) in [6.07, 6.45) is 1.78. The Bertz CT molecular complexity index is 1020. The summed E-state index contributed by atoms with van der Waals surface area (Å²) in [7, 11) is 0. The maximum Gasteiger partial charge on any atom is 0.217 e. The van der Waals surface area contributed by atoms with Gasteiger partial charge in [-0.1, -0.05) is 48.0 Å². The third kappa shape index (κ3) is 6.46. The van der Waals surface area contributed by atoms with Gasteiger partial charge in [-0.15, -0.1) is 0 Å². The number of pyridine rings is 1. The lowest BCUT2D eigenvalue weighted by molar-refractivity contribution is 0.122.